The third-order valence-corrected chi connectivity index (χ3v) is 5.35. The zero-order valence-corrected chi connectivity index (χ0v) is 17.2. The second kappa shape index (κ2) is 9.48. The highest BCUT2D eigenvalue weighted by Gasteiger charge is 2.18. The van der Waals surface area contributed by atoms with Crippen molar-refractivity contribution in [3.8, 4) is 0 Å². The van der Waals surface area contributed by atoms with E-state index in [1.807, 2.05) is 0 Å². The minimum absolute atomic E-state index is 0.0849. The van der Waals surface area contributed by atoms with Crippen molar-refractivity contribution >= 4 is 27.3 Å². The Balaban J connectivity index is 2.18. The Labute approximate surface area is 169 Å². The number of nitrogens with zero attached hydrogens (tertiary/aromatic N) is 1. The van der Waals surface area contributed by atoms with Crippen LogP contribution in [0.15, 0.2) is 42.5 Å². The van der Waals surface area contributed by atoms with E-state index in [1.54, 1.807) is 38.1 Å². The smallest absolute Gasteiger partial charge is 0.293 e. The lowest BCUT2D eigenvalue weighted by Crippen LogP contribution is -2.30. The Morgan fingerprint density at radius 2 is 1.83 bits per heavy atom. The Kier molecular flexibility index (Phi) is 7.29. The molecule has 0 aliphatic carbocycles. The van der Waals surface area contributed by atoms with Gasteiger partial charge in [-0.05, 0) is 44.2 Å². The third kappa shape index (κ3) is 6.54. The molecule has 0 atom stereocenters. The first-order chi connectivity index (χ1) is 13.6. The molecule has 10 heteroatoms. The van der Waals surface area contributed by atoms with Crippen LogP contribution in [0.1, 0.15) is 35.3 Å². The number of carbonyl (C=O) groups is 1. The van der Waals surface area contributed by atoms with Gasteiger partial charge in [-0.25, -0.2) is 13.1 Å². The van der Waals surface area contributed by atoms with Crippen LogP contribution in [0.5, 0.6) is 0 Å². The number of hydrogen-bond donors (Lipinski definition) is 3. The van der Waals surface area contributed by atoms with Crippen molar-refractivity contribution in [2.45, 2.75) is 32.2 Å². The number of sulfonamides is 1. The van der Waals surface area contributed by atoms with Crippen LogP contribution >= 0.6 is 0 Å². The highest BCUT2D eigenvalue weighted by Crippen LogP contribution is 2.26. The molecule has 0 saturated carbocycles. The van der Waals surface area contributed by atoms with Gasteiger partial charge >= 0.3 is 0 Å². The maximum absolute atomic E-state index is 12.1. The molecule has 29 heavy (non-hydrogen) atoms. The molecule has 9 nitrogen and oxygen atoms in total. The predicted octanol–water partition coefficient (Wildman–Crippen LogP) is 2.39. The van der Waals surface area contributed by atoms with Crippen molar-refractivity contribution in [1.82, 2.24) is 10.0 Å². The molecule has 0 bridgehead atoms. The number of rotatable bonds is 9. The molecule has 0 spiro atoms. The van der Waals surface area contributed by atoms with Crippen molar-refractivity contribution in [2.24, 2.45) is 0 Å². The first kappa shape index (κ1) is 22.3. The van der Waals surface area contributed by atoms with Crippen molar-refractivity contribution in [1.29, 1.82) is 0 Å². The normalized spacial score (nSPS) is 11.3. The van der Waals surface area contributed by atoms with Crippen LogP contribution in [0.4, 0.5) is 11.4 Å². The molecule has 2 aromatic carbocycles. The average Bonchev–Trinajstić information content (AvgIpc) is 2.65. The minimum atomic E-state index is -3.39. The molecule has 0 fully saturated rings. The van der Waals surface area contributed by atoms with Crippen molar-refractivity contribution in [2.75, 3.05) is 12.4 Å². The Morgan fingerprint density at radius 3 is 2.45 bits per heavy atom. The van der Waals surface area contributed by atoms with Crippen LogP contribution in [0.3, 0.4) is 0 Å². The van der Waals surface area contributed by atoms with Gasteiger partial charge < -0.3 is 10.6 Å². The van der Waals surface area contributed by atoms with Gasteiger partial charge in [0, 0.05) is 24.2 Å². The maximum atomic E-state index is 12.1. The largest absolute Gasteiger partial charge is 0.375 e. The number of amides is 1. The molecule has 3 N–H and O–H groups in total. The zero-order chi connectivity index (χ0) is 21.6. The Morgan fingerprint density at radius 1 is 1.14 bits per heavy atom. The molecule has 2 aromatic rings. The van der Waals surface area contributed by atoms with Gasteiger partial charge in [0.1, 0.15) is 5.69 Å². The monoisotopic (exact) mass is 420 g/mol. The summed E-state index contributed by atoms with van der Waals surface area (Å²) in [5, 5.41) is 17.1. The quantitative estimate of drug-likeness (QED) is 0.422. The predicted molar refractivity (Wildman–Crippen MR) is 111 cm³/mol. The summed E-state index contributed by atoms with van der Waals surface area (Å²) in [6.45, 7) is 3.86. The zero-order valence-electron chi connectivity index (χ0n) is 16.4. The number of benzene rings is 2. The lowest BCUT2D eigenvalue weighted by molar-refractivity contribution is -0.384. The van der Waals surface area contributed by atoms with E-state index in [1.165, 1.54) is 25.2 Å². The molecule has 1 amide bonds. The Bertz CT molecular complexity index is 1010. The van der Waals surface area contributed by atoms with E-state index in [2.05, 4.69) is 15.4 Å². The summed E-state index contributed by atoms with van der Waals surface area (Å²) < 4.78 is 25.7. The molecule has 0 aliphatic heterocycles. The van der Waals surface area contributed by atoms with Gasteiger partial charge in [-0.1, -0.05) is 24.3 Å². The van der Waals surface area contributed by atoms with Gasteiger partial charge in [0.05, 0.1) is 10.7 Å². The standard InChI is InChI=1S/C19H24N4O5S/c1-13(2)22-19(24)16-7-8-17(18(10-16)23(25)26)21-11-14-5-4-6-15(9-14)12-29(27,28)20-3/h4-10,13,20-21H,11-12H2,1-3H3,(H,22,24). The van der Waals surface area contributed by atoms with E-state index in [4.69, 9.17) is 0 Å². The third-order valence-electron chi connectivity index (χ3n) is 4.02. The second-order valence-electron chi connectivity index (χ2n) is 6.75. The molecule has 0 unspecified atom stereocenters. The maximum Gasteiger partial charge on any atom is 0.293 e. The fourth-order valence-corrected chi connectivity index (χ4v) is 3.40. The van der Waals surface area contributed by atoms with Gasteiger partial charge in [-0.15, -0.1) is 0 Å². The van der Waals surface area contributed by atoms with E-state index in [0.29, 0.717) is 5.56 Å². The average molecular weight is 420 g/mol. The molecular weight excluding hydrogens is 396 g/mol. The summed E-state index contributed by atoms with van der Waals surface area (Å²) in [5.74, 6) is -0.537. The molecule has 2 rings (SSSR count). The number of anilines is 1. The SMILES string of the molecule is CNS(=O)(=O)Cc1cccc(CNc2ccc(C(=O)NC(C)C)cc2[N+](=O)[O-])c1. The number of nitro benzene ring substituents is 1. The number of nitrogens with one attached hydrogen (secondary N) is 3. The summed E-state index contributed by atoms with van der Waals surface area (Å²) in [4.78, 5) is 23.0. The van der Waals surface area contributed by atoms with E-state index >= 15 is 0 Å². The summed E-state index contributed by atoms with van der Waals surface area (Å²) in [6, 6.07) is 11.1. The van der Waals surface area contributed by atoms with E-state index in [9.17, 15) is 23.3 Å². The minimum Gasteiger partial charge on any atom is -0.375 e. The van der Waals surface area contributed by atoms with Crippen LogP contribution < -0.4 is 15.4 Å². The topological polar surface area (TPSA) is 130 Å². The number of carbonyl (C=O) groups excluding carboxylic acids is 1. The summed E-state index contributed by atoms with van der Waals surface area (Å²) in [5.41, 5.74) is 1.63. The highest BCUT2D eigenvalue weighted by atomic mass is 32.2. The van der Waals surface area contributed by atoms with Gasteiger partial charge in [0.15, 0.2) is 0 Å². The van der Waals surface area contributed by atoms with Crippen LogP contribution in [-0.4, -0.2) is 32.3 Å². The summed E-state index contributed by atoms with van der Waals surface area (Å²) in [6.07, 6.45) is 0. The van der Waals surface area contributed by atoms with Crippen molar-refractivity contribution < 1.29 is 18.1 Å². The fourth-order valence-electron chi connectivity index (χ4n) is 2.64. The lowest BCUT2D eigenvalue weighted by atomic mass is 10.1. The summed E-state index contributed by atoms with van der Waals surface area (Å²) >= 11 is 0. The Hall–Kier alpha value is -2.98. The van der Waals surface area contributed by atoms with Gasteiger partial charge in [-0.3, -0.25) is 14.9 Å². The van der Waals surface area contributed by atoms with Crippen LogP contribution in [0, 0.1) is 10.1 Å². The molecule has 0 radical (unpaired) electrons. The van der Waals surface area contributed by atoms with E-state index < -0.39 is 14.9 Å². The number of nitro groups is 1. The lowest BCUT2D eigenvalue weighted by Gasteiger charge is -2.11. The summed E-state index contributed by atoms with van der Waals surface area (Å²) in [7, 11) is -2.04. The van der Waals surface area contributed by atoms with Gasteiger partial charge in [0.2, 0.25) is 10.0 Å². The van der Waals surface area contributed by atoms with Crippen LogP contribution in [0.25, 0.3) is 0 Å². The molecular formula is C19H24N4O5S. The first-order valence-corrected chi connectivity index (χ1v) is 10.6. The highest BCUT2D eigenvalue weighted by molar-refractivity contribution is 7.88. The fraction of sp³-hybridized carbons (Fsp3) is 0.316. The number of hydrogen-bond acceptors (Lipinski definition) is 6. The van der Waals surface area contributed by atoms with Gasteiger partial charge in [-0.2, -0.15) is 0 Å². The molecule has 0 saturated heterocycles. The second-order valence-corrected chi connectivity index (χ2v) is 8.68. The molecule has 0 heterocycles. The molecule has 0 aliphatic rings. The van der Waals surface area contributed by atoms with Gasteiger partial charge in [0.25, 0.3) is 11.6 Å². The first-order valence-electron chi connectivity index (χ1n) is 8.93. The van der Waals surface area contributed by atoms with Crippen LogP contribution in [0.2, 0.25) is 0 Å². The molecule has 0 aromatic heterocycles. The van der Waals surface area contributed by atoms with Crippen molar-refractivity contribution in [3.63, 3.8) is 0 Å². The van der Waals surface area contributed by atoms with Crippen molar-refractivity contribution in [3.05, 3.63) is 69.3 Å². The van der Waals surface area contributed by atoms with E-state index in [-0.39, 0.29) is 41.2 Å². The van der Waals surface area contributed by atoms with E-state index in [0.717, 1.165) is 5.56 Å². The van der Waals surface area contributed by atoms with Crippen LogP contribution in [-0.2, 0) is 22.3 Å². The molecule has 156 valence electrons.